The maximum atomic E-state index is 4.60. The molecule has 0 saturated heterocycles. The lowest BCUT2D eigenvalue weighted by atomic mass is 9.93. The molecule has 0 saturated carbocycles. The highest BCUT2D eigenvalue weighted by Gasteiger charge is 2.18. The largest absolute Gasteiger partial charge is 0.357 e. The molecule has 0 heterocycles. The second-order valence-corrected chi connectivity index (χ2v) is 5.13. The van der Waals surface area contributed by atoms with Crippen LogP contribution in [0.15, 0.2) is 4.99 Å². The number of nitrogens with one attached hydrogen (secondary N) is 2. The van der Waals surface area contributed by atoms with E-state index in [0.717, 1.165) is 32.1 Å². The summed E-state index contributed by atoms with van der Waals surface area (Å²) in [6, 6.07) is 0. The van der Waals surface area contributed by atoms with Gasteiger partial charge in [-0.15, -0.1) is 0 Å². The molecule has 0 amide bonds. The van der Waals surface area contributed by atoms with E-state index in [9.17, 15) is 0 Å². The summed E-state index contributed by atoms with van der Waals surface area (Å²) in [7, 11) is 4.20. The fraction of sp³-hybridized carbons (Fsp3) is 0.917. The highest BCUT2D eigenvalue weighted by atomic mass is 15.2. The first-order valence-electron chi connectivity index (χ1n) is 6.08. The molecule has 0 fully saturated rings. The monoisotopic (exact) mass is 228 g/mol. The molecule has 2 N–H and O–H groups in total. The highest BCUT2D eigenvalue weighted by Crippen LogP contribution is 2.15. The minimum absolute atomic E-state index is 0.208. The maximum Gasteiger partial charge on any atom is 0.191 e. The minimum Gasteiger partial charge on any atom is -0.357 e. The zero-order valence-electron chi connectivity index (χ0n) is 11.7. The van der Waals surface area contributed by atoms with Crippen LogP contribution in [0.4, 0.5) is 0 Å². The van der Waals surface area contributed by atoms with Gasteiger partial charge in [-0.3, -0.25) is 4.99 Å². The van der Waals surface area contributed by atoms with Crippen molar-refractivity contribution >= 4 is 5.96 Å². The molecule has 0 unspecified atom stereocenters. The summed E-state index contributed by atoms with van der Waals surface area (Å²) in [5.41, 5.74) is 0.208. The molecular formula is C12H28N4. The normalized spacial score (nSPS) is 11.4. The Morgan fingerprint density at radius 2 is 1.62 bits per heavy atom. The molecular weight excluding hydrogens is 200 g/mol. The van der Waals surface area contributed by atoms with Gasteiger partial charge in [0.05, 0.1) is 0 Å². The molecule has 0 aromatic rings. The molecule has 0 bridgehead atoms. The SMILES string of the molecule is CCNC(=NCC(C)(C)CN(C)C)NCC. The van der Waals surface area contributed by atoms with Gasteiger partial charge in [-0.2, -0.15) is 0 Å². The number of aliphatic imine (C=N–C) groups is 1. The zero-order chi connectivity index (χ0) is 12.6. The predicted octanol–water partition coefficient (Wildman–Crippen LogP) is 1.15. The second kappa shape index (κ2) is 7.49. The first-order chi connectivity index (χ1) is 7.41. The van der Waals surface area contributed by atoms with Crippen molar-refractivity contribution in [3.63, 3.8) is 0 Å². The van der Waals surface area contributed by atoms with Crippen LogP contribution in [0.25, 0.3) is 0 Å². The van der Waals surface area contributed by atoms with Crippen LogP contribution >= 0.6 is 0 Å². The lowest BCUT2D eigenvalue weighted by Gasteiger charge is -2.26. The summed E-state index contributed by atoms with van der Waals surface area (Å²) in [5, 5.41) is 6.47. The van der Waals surface area contributed by atoms with Gasteiger partial charge < -0.3 is 15.5 Å². The van der Waals surface area contributed by atoms with Gasteiger partial charge in [-0.05, 0) is 33.4 Å². The van der Waals surface area contributed by atoms with Crippen molar-refractivity contribution in [2.75, 3.05) is 40.3 Å². The van der Waals surface area contributed by atoms with Gasteiger partial charge in [-0.25, -0.2) is 0 Å². The zero-order valence-corrected chi connectivity index (χ0v) is 11.7. The summed E-state index contributed by atoms with van der Waals surface area (Å²) < 4.78 is 0. The first-order valence-corrected chi connectivity index (χ1v) is 6.08. The van der Waals surface area contributed by atoms with Crippen LogP contribution in [-0.2, 0) is 0 Å². The number of hydrogen-bond donors (Lipinski definition) is 2. The van der Waals surface area contributed by atoms with Gasteiger partial charge in [0.1, 0.15) is 0 Å². The number of nitrogens with zero attached hydrogens (tertiary/aromatic N) is 2. The van der Waals surface area contributed by atoms with Crippen molar-refractivity contribution in [3.05, 3.63) is 0 Å². The van der Waals surface area contributed by atoms with Crippen molar-refractivity contribution in [2.24, 2.45) is 10.4 Å². The van der Waals surface area contributed by atoms with Crippen LogP contribution in [0.5, 0.6) is 0 Å². The van der Waals surface area contributed by atoms with Crippen LogP contribution in [0.2, 0.25) is 0 Å². The van der Waals surface area contributed by atoms with Crippen molar-refractivity contribution in [1.29, 1.82) is 0 Å². The smallest absolute Gasteiger partial charge is 0.191 e. The van der Waals surface area contributed by atoms with E-state index in [1.165, 1.54) is 0 Å². The van der Waals surface area contributed by atoms with Crippen molar-refractivity contribution in [3.8, 4) is 0 Å². The molecule has 4 heteroatoms. The van der Waals surface area contributed by atoms with E-state index in [2.05, 4.69) is 62.3 Å². The van der Waals surface area contributed by atoms with Crippen LogP contribution < -0.4 is 10.6 Å². The standard InChI is InChI=1S/C12H28N4/c1-7-13-11(14-8-2)15-9-12(3,4)10-16(5)6/h7-10H2,1-6H3,(H2,13,14,15). The number of hydrogen-bond acceptors (Lipinski definition) is 2. The van der Waals surface area contributed by atoms with E-state index in [4.69, 9.17) is 0 Å². The number of rotatable bonds is 6. The molecule has 0 radical (unpaired) electrons. The Morgan fingerprint density at radius 1 is 1.12 bits per heavy atom. The van der Waals surface area contributed by atoms with Crippen molar-refractivity contribution in [2.45, 2.75) is 27.7 Å². The number of guanidine groups is 1. The summed E-state index contributed by atoms with van der Waals surface area (Å²) in [4.78, 5) is 6.80. The van der Waals surface area contributed by atoms with Gasteiger partial charge in [0.2, 0.25) is 0 Å². The molecule has 16 heavy (non-hydrogen) atoms. The molecule has 0 atom stereocenters. The Hall–Kier alpha value is -0.770. The Morgan fingerprint density at radius 3 is 2.00 bits per heavy atom. The molecule has 0 aliphatic heterocycles. The van der Waals surface area contributed by atoms with Gasteiger partial charge in [0.25, 0.3) is 0 Å². The Labute approximate surface area is 101 Å². The van der Waals surface area contributed by atoms with E-state index in [-0.39, 0.29) is 5.41 Å². The molecule has 0 spiro atoms. The Kier molecular flexibility index (Phi) is 7.13. The van der Waals surface area contributed by atoms with Crippen LogP contribution in [0, 0.1) is 5.41 Å². The van der Waals surface area contributed by atoms with E-state index >= 15 is 0 Å². The maximum absolute atomic E-state index is 4.60. The quantitative estimate of drug-likeness (QED) is 0.529. The summed E-state index contributed by atoms with van der Waals surface area (Å²) in [5.74, 6) is 0.914. The molecule has 0 rings (SSSR count). The summed E-state index contributed by atoms with van der Waals surface area (Å²) in [6.07, 6.45) is 0. The van der Waals surface area contributed by atoms with Crippen LogP contribution in [0.3, 0.4) is 0 Å². The third kappa shape index (κ3) is 7.51. The van der Waals surface area contributed by atoms with Crippen LogP contribution in [0.1, 0.15) is 27.7 Å². The van der Waals surface area contributed by atoms with Gasteiger partial charge in [0, 0.05) is 26.2 Å². The molecule has 0 aliphatic carbocycles. The minimum atomic E-state index is 0.208. The third-order valence-electron chi connectivity index (χ3n) is 2.10. The first kappa shape index (κ1) is 15.2. The average Bonchev–Trinajstić information content (AvgIpc) is 2.13. The fourth-order valence-electron chi connectivity index (χ4n) is 1.71. The second-order valence-electron chi connectivity index (χ2n) is 5.13. The van der Waals surface area contributed by atoms with Crippen molar-refractivity contribution in [1.82, 2.24) is 15.5 Å². The van der Waals surface area contributed by atoms with Gasteiger partial charge >= 0.3 is 0 Å². The Bertz CT molecular complexity index is 201. The molecule has 0 aliphatic rings. The average molecular weight is 228 g/mol. The summed E-state index contributed by atoms with van der Waals surface area (Å²) in [6.45, 7) is 12.3. The molecule has 4 nitrogen and oxygen atoms in total. The summed E-state index contributed by atoms with van der Waals surface area (Å²) >= 11 is 0. The highest BCUT2D eigenvalue weighted by molar-refractivity contribution is 5.79. The van der Waals surface area contributed by atoms with E-state index in [1.807, 2.05) is 0 Å². The van der Waals surface area contributed by atoms with Gasteiger partial charge in [0.15, 0.2) is 5.96 Å². The molecule has 0 aromatic carbocycles. The lowest BCUT2D eigenvalue weighted by molar-refractivity contribution is 0.248. The topological polar surface area (TPSA) is 39.7 Å². The predicted molar refractivity (Wildman–Crippen MR) is 72.0 cm³/mol. The van der Waals surface area contributed by atoms with Crippen LogP contribution in [-0.4, -0.2) is 51.1 Å². The van der Waals surface area contributed by atoms with E-state index < -0.39 is 0 Å². The molecule has 0 aromatic heterocycles. The fourth-order valence-corrected chi connectivity index (χ4v) is 1.71. The van der Waals surface area contributed by atoms with Crippen molar-refractivity contribution < 1.29 is 0 Å². The lowest BCUT2D eigenvalue weighted by Crippen LogP contribution is -2.39. The van der Waals surface area contributed by atoms with E-state index in [1.54, 1.807) is 0 Å². The third-order valence-corrected chi connectivity index (χ3v) is 2.10. The van der Waals surface area contributed by atoms with E-state index in [0.29, 0.717) is 0 Å². The molecule has 96 valence electrons. The Balaban J connectivity index is 4.27. The van der Waals surface area contributed by atoms with Gasteiger partial charge in [-0.1, -0.05) is 13.8 Å².